The average Bonchev–Trinajstić information content (AvgIpc) is 3.52. The lowest BCUT2D eigenvalue weighted by atomic mass is 9.94. The number of hydrogen-bond donors (Lipinski definition) is 0. The third kappa shape index (κ3) is 3.93. The first-order valence-corrected chi connectivity index (χ1v) is 12.0. The van der Waals surface area contributed by atoms with E-state index in [1.54, 1.807) is 17.1 Å². The van der Waals surface area contributed by atoms with E-state index in [1.165, 1.54) is 5.70 Å². The fourth-order valence-electron chi connectivity index (χ4n) is 4.88. The third-order valence-corrected chi connectivity index (χ3v) is 6.99. The monoisotopic (exact) mass is 471 g/mol. The lowest BCUT2D eigenvalue weighted by Crippen LogP contribution is -2.37. The van der Waals surface area contributed by atoms with Gasteiger partial charge in [-0.1, -0.05) is 6.58 Å². The summed E-state index contributed by atoms with van der Waals surface area (Å²) in [7, 11) is 4.09. The molecule has 10 nitrogen and oxygen atoms in total. The number of nitrogens with zero attached hydrogens (tertiary/aromatic N) is 9. The minimum atomic E-state index is 0.365. The molecule has 0 aliphatic carbocycles. The van der Waals surface area contributed by atoms with Crippen LogP contribution < -0.4 is 4.90 Å². The van der Waals surface area contributed by atoms with E-state index in [2.05, 4.69) is 34.5 Å². The number of piperidine rings is 1. The van der Waals surface area contributed by atoms with Crippen molar-refractivity contribution in [2.75, 3.05) is 44.8 Å². The summed E-state index contributed by atoms with van der Waals surface area (Å²) in [6.45, 7) is 7.92. The van der Waals surface area contributed by atoms with E-state index in [0.717, 1.165) is 66.5 Å². The molecule has 4 aromatic rings. The predicted octanol–water partition coefficient (Wildman–Crippen LogP) is 2.77. The summed E-state index contributed by atoms with van der Waals surface area (Å²) in [5, 5.41) is 4.91. The summed E-state index contributed by atoms with van der Waals surface area (Å²) < 4.78 is 9.40. The number of rotatable bonds is 4. The number of anilines is 1. The van der Waals surface area contributed by atoms with Crippen LogP contribution in [0.4, 0.5) is 5.82 Å². The highest BCUT2D eigenvalue weighted by molar-refractivity contribution is 5.87. The molecule has 35 heavy (non-hydrogen) atoms. The first-order valence-electron chi connectivity index (χ1n) is 12.0. The third-order valence-electron chi connectivity index (χ3n) is 6.99. The van der Waals surface area contributed by atoms with Crippen molar-refractivity contribution in [2.45, 2.75) is 18.8 Å². The number of aromatic nitrogens is 7. The zero-order chi connectivity index (χ0) is 23.9. The summed E-state index contributed by atoms with van der Waals surface area (Å²) in [6, 6.07) is 6.00. The molecule has 4 aromatic heterocycles. The zero-order valence-corrected chi connectivity index (χ0v) is 20.1. The van der Waals surface area contributed by atoms with Crippen molar-refractivity contribution in [3.05, 3.63) is 54.8 Å². The number of fused-ring (bicyclic) bond motifs is 1. The van der Waals surface area contributed by atoms with Crippen molar-refractivity contribution < 1.29 is 4.74 Å². The molecular formula is C25H29N9O. The molecule has 6 heterocycles. The Hall–Kier alpha value is -3.79. The molecular weight excluding hydrogens is 442 g/mol. The molecule has 2 fully saturated rings. The van der Waals surface area contributed by atoms with Crippen LogP contribution in [-0.2, 0) is 11.8 Å². The molecule has 2 saturated heterocycles. The number of likely N-dealkylation sites (N-methyl/N-ethyl adjacent to an activating group) is 1. The molecule has 2 aliphatic heterocycles. The maximum Gasteiger partial charge on any atom is 0.254 e. The number of likely N-dealkylation sites (tertiary alicyclic amines) is 1. The van der Waals surface area contributed by atoms with E-state index in [4.69, 9.17) is 24.8 Å². The van der Waals surface area contributed by atoms with Crippen LogP contribution in [0.15, 0.2) is 49.1 Å². The van der Waals surface area contributed by atoms with Gasteiger partial charge in [0.05, 0.1) is 18.9 Å². The molecule has 180 valence electrons. The van der Waals surface area contributed by atoms with Gasteiger partial charge in [0.1, 0.15) is 5.82 Å². The van der Waals surface area contributed by atoms with Gasteiger partial charge in [0.2, 0.25) is 0 Å². The van der Waals surface area contributed by atoms with Gasteiger partial charge < -0.3 is 19.1 Å². The number of aryl methyl sites for hydroxylation is 1. The molecule has 1 atom stereocenters. The molecule has 10 heteroatoms. The van der Waals surface area contributed by atoms with Gasteiger partial charge in [-0.3, -0.25) is 4.98 Å². The number of pyridine rings is 1. The van der Waals surface area contributed by atoms with Crippen molar-refractivity contribution in [1.82, 2.24) is 39.2 Å². The van der Waals surface area contributed by atoms with Gasteiger partial charge >= 0.3 is 0 Å². The Balaban J connectivity index is 1.44. The second-order valence-corrected chi connectivity index (χ2v) is 9.22. The topological polar surface area (TPSA) is 90.0 Å². The van der Waals surface area contributed by atoms with Crippen molar-refractivity contribution in [3.8, 4) is 17.3 Å². The molecule has 1 unspecified atom stereocenters. The minimum absolute atomic E-state index is 0.365. The second-order valence-electron chi connectivity index (χ2n) is 9.22. The van der Waals surface area contributed by atoms with Crippen LogP contribution >= 0.6 is 0 Å². The molecule has 0 saturated carbocycles. The lowest BCUT2D eigenvalue weighted by Gasteiger charge is -2.32. The van der Waals surface area contributed by atoms with E-state index in [-0.39, 0.29) is 0 Å². The summed E-state index contributed by atoms with van der Waals surface area (Å²) in [6.07, 6.45) is 7.56. The molecule has 0 amide bonds. The van der Waals surface area contributed by atoms with E-state index in [1.807, 2.05) is 29.9 Å². The Morgan fingerprint density at radius 2 is 1.83 bits per heavy atom. The average molecular weight is 472 g/mol. The van der Waals surface area contributed by atoms with Gasteiger partial charge in [-0.05, 0) is 31.0 Å². The SMILES string of the molecule is C=C1CCC(c2ccn(-c3nc(N4CCOCC4)c4nc(-c5ccncc5)n(C)c4n3)n2)CN1C. The van der Waals surface area contributed by atoms with Gasteiger partial charge in [-0.15, -0.1) is 0 Å². The van der Waals surface area contributed by atoms with Crippen LogP contribution in [0.5, 0.6) is 0 Å². The predicted molar refractivity (Wildman–Crippen MR) is 133 cm³/mol. The fraction of sp³-hybridized carbons (Fsp3) is 0.400. The van der Waals surface area contributed by atoms with Gasteiger partial charge in [0, 0.05) is 69.5 Å². The van der Waals surface area contributed by atoms with Crippen LogP contribution in [0.3, 0.4) is 0 Å². The zero-order valence-electron chi connectivity index (χ0n) is 20.1. The van der Waals surface area contributed by atoms with E-state index < -0.39 is 0 Å². The Morgan fingerprint density at radius 1 is 1.03 bits per heavy atom. The van der Waals surface area contributed by atoms with Gasteiger partial charge in [-0.25, -0.2) is 9.67 Å². The standard InChI is InChI=1S/C25H29N9O/c1-17-4-5-19(16-31(17)2)20-8-11-34(30-20)25-28-23-21(24(29-25)33-12-14-35-15-13-33)27-22(32(23)3)18-6-9-26-10-7-18/h6-11,19H,1,4-5,12-16H2,2-3H3. The highest BCUT2D eigenvalue weighted by Gasteiger charge is 2.25. The van der Waals surface area contributed by atoms with Crippen molar-refractivity contribution in [2.24, 2.45) is 7.05 Å². The second kappa shape index (κ2) is 8.77. The molecule has 0 radical (unpaired) electrons. The fourth-order valence-corrected chi connectivity index (χ4v) is 4.88. The normalized spacial score (nSPS) is 19.0. The first-order chi connectivity index (χ1) is 17.1. The van der Waals surface area contributed by atoms with Gasteiger partial charge in [0.15, 0.2) is 17.0 Å². The minimum Gasteiger partial charge on any atom is -0.378 e. The number of imidazole rings is 1. The molecule has 0 N–H and O–H groups in total. The van der Waals surface area contributed by atoms with Crippen LogP contribution in [0.2, 0.25) is 0 Å². The number of hydrogen-bond acceptors (Lipinski definition) is 8. The lowest BCUT2D eigenvalue weighted by molar-refractivity contribution is 0.122. The molecule has 0 bridgehead atoms. The number of ether oxygens (including phenoxy) is 1. The van der Waals surface area contributed by atoms with E-state index >= 15 is 0 Å². The molecule has 2 aliphatic rings. The van der Waals surface area contributed by atoms with E-state index in [0.29, 0.717) is 25.1 Å². The molecule has 0 aromatic carbocycles. The van der Waals surface area contributed by atoms with Crippen molar-refractivity contribution >= 4 is 17.0 Å². The van der Waals surface area contributed by atoms with Crippen LogP contribution in [0, 0.1) is 0 Å². The summed E-state index contributed by atoms with van der Waals surface area (Å²) in [5.41, 5.74) is 4.78. The van der Waals surface area contributed by atoms with Crippen LogP contribution in [0.25, 0.3) is 28.5 Å². The number of morpholine rings is 1. The van der Waals surface area contributed by atoms with Gasteiger partial charge in [0.25, 0.3) is 5.95 Å². The number of allylic oxidation sites excluding steroid dienone is 1. The highest BCUT2D eigenvalue weighted by atomic mass is 16.5. The maximum absolute atomic E-state index is 5.59. The molecule has 6 rings (SSSR count). The van der Waals surface area contributed by atoms with Crippen LogP contribution in [-0.4, -0.2) is 79.1 Å². The smallest absolute Gasteiger partial charge is 0.254 e. The highest BCUT2D eigenvalue weighted by Crippen LogP contribution is 2.31. The first kappa shape index (κ1) is 21.7. The summed E-state index contributed by atoms with van der Waals surface area (Å²) in [4.78, 5) is 23.5. The van der Waals surface area contributed by atoms with Crippen molar-refractivity contribution in [1.29, 1.82) is 0 Å². The Bertz CT molecular complexity index is 1370. The largest absolute Gasteiger partial charge is 0.378 e. The van der Waals surface area contributed by atoms with Gasteiger partial charge in [-0.2, -0.15) is 15.1 Å². The maximum atomic E-state index is 5.59. The van der Waals surface area contributed by atoms with E-state index in [9.17, 15) is 0 Å². The Morgan fingerprint density at radius 3 is 2.60 bits per heavy atom. The Kier molecular flexibility index (Phi) is 5.44. The van der Waals surface area contributed by atoms with Crippen LogP contribution in [0.1, 0.15) is 24.5 Å². The van der Waals surface area contributed by atoms with Crippen molar-refractivity contribution in [3.63, 3.8) is 0 Å². The molecule has 0 spiro atoms. The summed E-state index contributed by atoms with van der Waals surface area (Å²) >= 11 is 0. The Labute approximate surface area is 203 Å². The quantitative estimate of drug-likeness (QED) is 0.449. The summed E-state index contributed by atoms with van der Waals surface area (Å²) in [5.74, 6) is 2.55.